The van der Waals surface area contributed by atoms with Gasteiger partial charge in [0.1, 0.15) is 45.6 Å². The third-order valence-electron chi connectivity index (χ3n) is 9.99. The predicted octanol–water partition coefficient (Wildman–Crippen LogP) is 12.9. The van der Waals surface area contributed by atoms with Crippen LogP contribution in [0.5, 0.6) is 40.4 Å². The summed E-state index contributed by atoms with van der Waals surface area (Å²) in [6.45, 7) is 2.82. The summed E-state index contributed by atoms with van der Waals surface area (Å²) >= 11 is 11.6. The van der Waals surface area contributed by atoms with Gasteiger partial charge in [-0.3, -0.25) is 34.6 Å². The molecule has 82 heavy (non-hydrogen) atoms. The Morgan fingerprint density at radius 1 is 0.671 bits per heavy atom. The van der Waals surface area contributed by atoms with Gasteiger partial charge in [-0.05, 0) is 92.7 Å². The molecule has 0 spiro atoms. The number of hydrogen-bond acceptors (Lipinski definition) is 16. The van der Waals surface area contributed by atoms with Crippen molar-refractivity contribution in [1.29, 1.82) is 0 Å². The molecule has 0 aliphatic heterocycles. The quantitative estimate of drug-likeness (QED) is 0.0312. The molecule has 0 aliphatic carbocycles. The number of aromatic carboxylic acids is 1. The van der Waals surface area contributed by atoms with Crippen LogP contribution < -0.4 is 23.7 Å². The monoisotopic (exact) mass is 1230 g/mol. The first-order valence-electron chi connectivity index (χ1n) is 22.3. The zero-order chi connectivity index (χ0) is 61.7. The minimum atomic E-state index is -4.64. The smallest absolute Gasteiger partial charge is 0.417 e. The number of aromatic nitrogens is 1. The number of benzene rings is 5. The van der Waals surface area contributed by atoms with Gasteiger partial charge in [0.25, 0.3) is 17.3 Å². The summed E-state index contributed by atoms with van der Waals surface area (Å²) in [7, 11) is -4.00. The number of amides is 1. The molecule has 1 aromatic heterocycles. The molecule has 1 unspecified atom stereocenters. The highest BCUT2D eigenvalue weighted by molar-refractivity contribution is 7.89. The summed E-state index contributed by atoms with van der Waals surface area (Å²) in [5.41, 5.74) is -6.15. The summed E-state index contributed by atoms with van der Waals surface area (Å²) in [6.07, 6.45) is -12.5. The summed E-state index contributed by atoms with van der Waals surface area (Å²) < 4.78 is 164. The van der Waals surface area contributed by atoms with Crippen LogP contribution in [0.1, 0.15) is 69.2 Å². The molecule has 0 radical (unpaired) electrons. The van der Waals surface area contributed by atoms with E-state index in [4.69, 9.17) is 52.0 Å². The molecule has 3 N–H and O–H groups in total. The van der Waals surface area contributed by atoms with Crippen LogP contribution in [0.15, 0.2) is 109 Å². The normalized spacial score (nSPS) is 11.7. The number of alkyl halides is 9. The summed E-state index contributed by atoms with van der Waals surface area (Å²) in [5.74, 6) is -6.07. The van der Waals surface area contributed by atoms with E-state index in [1.165, 1.54) is 26.0 Å². The second-order valence-electron chi connectivity index (χ2n) is 16.0. The number of carboxylic acid groups (broad SMARTS) is 2. The number of nitrogens with one attached hydrogen (secondary N) is 1. The number of sulfonamides is 1. The maximum absolute atomic E-state index is 12.8. The molecular weight excluding hydrogens is 1190 g/mol. The Morgan fingerprint density at radius 3 is 1.61 bits per heavy atom. The van der Waals surface area contributed by atoms with Crippen molar-refractivity contribution in [1.82, 2.24) is 9.71 Å². The van der Waals surface area contributed by atoms with Gasteiger partial charge in [-0.15, -0.1) is 0 Å². The number of carbonyl (C=O) groups is 4. The lowest BCUT2D eigenvalue weighted by atomic mass is 9.95. The summed E-state index contributed by atoms with van der Waals surface area (Å²) in [6, 6.07) is 17.4. The van der Waals surface area contributed by atoms with Crippen molar-refractivity contribution in [2.24, 2.45) is 0 Å². The molecule has 0 bridgehead atoms. The van der Waals surface area contributed by atoms with Crippen molar-refractivity contribution >= 4 is 68.4 Å². The molecule has 1 atom stereocenters. The number of esters is 1. The van der Waals surface area contributed by atoms with E-state index in [0.29, 0.717) is 48.2 Å². The molecule has 5 aromatic carbocycles. The molecule has 0 saturated carbocycles. The molecule has 0 aliphatic rings. The van der Waals surface area contributed by atoms with Gasteiger partial charge in [-0.25, -0.2) is 22.9 Å². The van der Waals surface area contributed by atoms with Crippen molar-refractivity contribution in [3.05, 3.63) is 173 Å². The number of pyridine rings is 1. The number of rotatable bonds is 18. The third kappa shape index (κ3) is 19.4. The molecule has 6 rings (SSSR count). The molecule has 0 saturated heterocycles. The Bertz CT molecular complexity index is 3460. The number of nitro benzene ring substituents is 2. The molecule has 6 aromatic rings. The highest BCUT2D eigenvalue weighted by atomic mass is 35.5. The first kappa shape index (κ1) is 65.5. The SMILES string of the molecule is CCOC(=O)C(C)c1cc(Oc2ccc(C(F)(F)F)cc2Cl)cc(C(=O)O)c1[N+](=O)[O-].CS(=O)(=O)NC(=O)c1cc(Oc2ccc(C(F)(F)F)cc2Cl)ccc1[N+](=O)[O-].O=C(O)CCOc1ccc(Oc2ccc(C(F)(F)F)cn2)cc1. The molecular formula is C49H37Cl2F9N4O17S. The molecule has 33 heteroatoms. The first-order chi connectivity index (χ1) is 38.0. The molecule has 1 heterocycles. The van der Waals surface area contributed by atoms with E-state index < -0.39 is 117 Å². The number of hydrogen-bond donors (Lipinski definition) is 3. The van der Waals surface area contributed by atoms with Crippen LogP contribution in [-0.4, -0.2) is 76.7 Å². The van der Waals surface area contributed by atoms with Gasteiger partial charge in [0, 0.05) is 36.0 Å². The number of nitrogens with zero attached hydrogens (tertiary/aromatic N) is 3. The molecule has 438 valence electrons. The number of halogens is 11. The second kappa shape index (κ2) is 27.5. The molecule has 21 nitrogen and oxygen atoms in total. The van der Waals surface area contributed by atoms with E-state index in [1.54, 1.807) is 16.9 Å². The standard InChI is InChI=1S/C19H15ClF3NO7.C15H10ClF3N2O6S.C15H12F3NO4/c1-3-30-18(27)9(2)12-7-11(8-13(17(25)26)16(12)24(28)29)31-15-5-4-10(6-14(15)20)19(21,22)23;1-28(25,26)20-14(22)10-7-9(3-4-12(10)21(23)24)27-13-5-2-8(6-11(13)16)15(17,18)19;16-15(17,18)10-1-6-13(19-9-10)23-12-4-2-11(3-5-12)22-8-7-14(20)21/h4-9H,3H2,1-2H3,(H,25,26);2-7H,1H3,(H,20,22);1-6,9H,7-8H2,(H,20,21). The zero-order valence-corrected chi connectivity index (χ0v) is 43.8. The Hall–Kier alpha value is -8.97. The van der Waals surface area contributed by atoms with Crippen LogP contribution in [-0.2, 0) is 42.9 Å². The summed E-state index contributed by atoms with van der Waals surface area (Å²) in [4.78, 5) is 70.3. The van der Waals surface area contributed by atoms with Crippen LogP contribution in [0.4, 0.5) is 50.9 Å². The molecule has 0 fully saturated rings. The number of carbonyl (C=O) groups excluding carboxylic acids is 2. The van der Waals surface area contributed by atoms with Gasteiger partial charge in [0.05, 0.1) is 68.4 Å². The number of carboxylic acids is 2. The van der Waals surface area contributed by atoms with Gasteiger partial charge in [0.2, 0.25) is 15.9 Å². The summed E-state index contributed by atoms with van der Waals surface area (Å²) in [5, 5.41) is 39.6. The van der Waals surface area contributed by atoms with E-state index in [2.05, 4.69) is 4.98 Å². The fourth-order valence-corrected chi connectivity index (χ4v) is 7.17. The van der Waals surface area contributed by atoms with Gasteiger partial charge < -0.3 is 33.9 Å². The van der Waals surface area contributed by atoms with Crippen molar-refractivity contribution in [3.8, 4) is 40.4 Å². The van der Waals surface area contributed by atoms with Crippen molar-refractivity contribution < 1.29 is 111 Å². The van der Waals surface area contributed by atoms with Crippen molar-refractivity contribution in [2.75, 3.05) is 19.5 Å². The van der Waals surface area contributed by atoms with Crippen LogP contribution in [0.3, 0.4) is 0 Å². The highest BCUT2D eigenvalue weighted by Crippen LogP contribution is 2.41. The van der Waals surface area contributed by atoms with Gasteiger partial charge >= 0.3 is 36.4 Å². The first-order valence-corrected chi connectivity index (χ1v) is 24.9. The van der Waals surface area contributed by atoms with Crippen LogP contribution in [0, 0.1) is 20.2 Å². The maximum atomic E-state index is 12.8. The lowest BCUT2D eigenvalue weighted by Crippen LogP contribution is -2.29. The second-order valence-corrected chi connectivity index (χ2v) is 18.6. The number of aliphatic carboxylic acids is 1. The largest absolute Gasteiger partial charge is 0.493 e. The van der Waals surface area contributed by atoms with E-state index in [0.717, 1.165) is 54.6 Å². The minimum absolute atomic E-state index is 0.0138. The zero-order valence-electron chi connectivity index (χ0n) is 41.5. The lowest BCUT2D eigenvalue weighted by Gasteiger charge is -2.16. The lowest BCUT2D eigenvalue weighted by molar-refractivity contribution is -0.386. The maximum Gasteiger partial charge on any atom is 0.417 e. The van der Waals surface area contributed by atoms with Crippen LogP contribution in [0.2, 0.25) is 10.0 Å². The van der Waals surface area contributed by atoms with Crippen molar-refractivity contribution in [2.45, 2.75) is 44.7 Å². The average Bonchev–Trinajstić information content (AvgIpc) is 3.59. The number of nitro groups is 2. The fourth-order valence-electron chi connectivity index (χ4n) is 6.29. The van der Waals surface area contributed by atoms with Crippen LogP contribution >= 0.6 is 23.2 Å². The van der Waals surface area contributed by atoms with E-state index in [9.17, 15) is 92.4 Å². The van der Waals surface area contributed by atoms with E-state index in [-0.39, 0.29) is 54.1 Å². The van der Waals surface area contributed by atoms with Crippen LogP contribution in [0.25, 0.3) is 0 Å². The minimum Gasteiger partial charge on any atom is -0.493 e. The van der Waals surface area contributed by atoms with Gasteiger partial charge in [-0.2, -0.15) is 39.5 Å². The van der Waals surface area contributed by atoms with Gasteiger partial charge in [-0.1, -0.05) is 23.2 Å². The molecule has 1 amide bonds. The Labute approximate surface area is 465 Å². The third-order valence-corrected chi connectivity index (χ3v) is 11.1. The highest BCUT2D eigenvalue weighted by Gasteiger charge is 2.35. The van der Waals surface area contributed by atoms with Crippen molar-refractivity contribution in [3.63, 3.8) is 0 Å². The van der Waals surface area contributed by atoms with Gasteiger partial charge in [0.15, 0.2) is 0 Å². The van der Waals surface area contributed by atoms with E-state index >= 15 is 0 Å². The Kier molecular flexibility index (Phi) is 22.0. The topological polar surface area (TPSA) is 300 Å². The Morgan fingerprint density at radius 2 is 1.17 bits per heavy atom. The Balaban J connectivity index is 0.000000267. The predicted molar refractivity (Wildman–Crippen MR) is 267 cm³/mol. The number of ether oxygens (including phenoxy) is 5. The van der Waals surface area contributed by atoms with E-state index in [1.807, 2.05) is 0 Å². The average molecular weight is 1230 g/mol. The fraction of sp³-hybridized carbons (Fsp3) is 0.204.